The van der Waals surface area contributed by atoms with Gasteiger partial charge >= 0.3 is 12.0 Å². The van der Waals surface area contributed by atoms with Crippen LogP contribution in [-0.2, 0) is 4.79 Å². The number of rotatable bonds is 6. The number of carboxylic acid groups (broad SMARTS) is 1. The van der Waals surface area contributed by atoms with Crippen molar-refractivity contribution in [1.29, 1.82) is 0 Å². The monoisotopic (exact) mass is 216 g/mol. The average Bonchev–Trinajstić information content (AvgIpc) is 2.15. The molecule has 6 heteroatoms. The number of likely N-dealkylation sites (N-methyl/N-ethyl adjacent to an activating group) is 1. The lowest BCUT2D eigenvalue weighted by Gasteiger charge is -2.25. The van der Waals surface area contributed by atoms with Crippen molar-refractivity contribution in [3.63, 3.8) is 0 Å². The van der Waals surface area contributed by atoms with Crippen LogP contribution in [0.15, 0.2) is 12.7 Å². The molecule has 15 heavy (non-hydrogen) atoms. The Kier molecular flexibility index (Phi) is 6.12. The van der Waals surface area contributed by atoms with Gasteiger partial charge in [-0.15, -0.1) is 6.58 Å². The van der Waals surface area contributed by atoms with Gasteiger partial charge in [-0.25, -0.2) is 4.79 Å². The Labute approximate surface area is 88.4 Å². The third kappa shape index (κ3) is 5.02. The quantitative estimate of drug-likeness (QED) is 0.592. The van der Waals surface area contributed by atoms with E-state index in [1.165, 1.54) is 18.0 Å². The summed E-state index contributed by atoms with van der Waals surface area (Å²) in [5.74, 6) is -1.08. The molecule has 0 aliphatic heterocycles. The van der Waals surface area contributed by atoms with Crippen LogP contribution in [0.5, 0.6) is 0 Å². The van der Waals surface area contributed by atoms with Crippen molar-refractivity contribution >= 4 is 12.0 Å². The van der Waals surface area contributed by atoms with Crippen molar-refractivity contribution in [2.24, 2.45) is 0 Å². The molecule has 0 radical (unpaired) electrons. The molecule has 86 valence electrons. The third-order valence-corrected chi connectivity index (χ3v) is 1.69. The summed E-state index contributed by atoms with van der Waals surface area (Å²) in [7, 11) is 1.39. The summed E-state index contributed by atoms with van der Waals surface area (Å²) < 4.78 is 0. The lowest BCUT2D eigenvalue weighted by Crippen LogP contribution is -2.44. The van der Waals surface area contributed by atoms with E-state index in [1.807, 2.05) is 0 Å². The topological polar surface area (TPSA) is 81.1 Å². The Morgan fingerprint density at radius 3 is 2.47 bits per heavy atom. The van der Waals surface area contributed by atoms with Gasteiger partial charge in [-0.2, -0.15) is 0 Å². The third-order valence-electron chi connectivity index (χ3n) is 1.69. The molecule has 6 nitrogen and oxygen atoms in total. The second-order valence-corrected chi connectivity index (χ2v) is 2.99. The smallest absolute Gasteiger partial charge is 0.323 e. The van der Waals surface area contributed by atoms with Gasteiger partial charge in [-0.05, 0) is 0 Å². The highest BCUT2D eigenvalue weighted by atomic mass is 16.4. The summed E-state index contributed by atoms with van der Waals surface area (Å²) in [6, 6.07) is -0.439. The first-order chi connectivity index (χ1) is 7.02. The van der Waals surface area contributed by atoms with Crippen LogP contribution in [0.2, 0.25) is 0 Å². The van der Waals surface area contributed by atoms with Gasteiger partial charge in [0.25, 0.3) is 0 Å². The minimum Gasteiger partial charge on any atom is -0.480 e. The molecule has 0 heterocycles. The molecule has 0 saturated carbocycles. The lowest BCUT2D eigenvalue weighted by atomic mass is 10.4. The fourth-order valence-corrected chi connectivity index (χ4v) is 1.05. The lowest BCUT2D eigenvalue weighted by molar-refractivity contribution is -0.137. The van der Waals surface area contributed by atoms with Crippen LogP contribution in [0.4, 0.5) is 4.79 Å². The van der Waals surface area contributed by atoms with Crippen molar-refractivity contribution < 1.29 is 19.8 Å². The molecule has 0 unspecified atom stereocenters. The molecule has 0 aromatic carbocycles. The summed E-state index contributed by atoms with van der Waals surface area (Å²) >= 11 is 0. The van der Waals surface area contributed by atoms with E-state index in [-0.39, 0.29) is 26.2 Å². The highest BCUT2D eigenvalue weighted by molar-refractivity contribution is 5.80. The Bertz CT molecular complexity index is 242. The Morgan fingerprint density at radius 2 is 2.07 bits per heavy atom. The van der Waals surface area contributed by atoms with Crippen LogP contribution in [0.3, 0.4) is 0 Å². The largest absolute Gasteiger partial charge is 0.480 e. The zero-order chi connectivity index (χ0) is 11.8. The number of urea groups is 1. The highest BCUT2D eigenvalue weighted by Gasteiger charge is 2.17. The Hall–Kier alpha value is -1.56. The number of amides is 2. The number of hydrogen-bond acceptors (Lipinski definition) is 3. The van der Waals surface area contributed by atoms with Crippen LogP contribution in [-0.4, -0.2) is 65.3 Å². The standard InChI is InChI=1S/C9H16N2O4/c1-3-4-11(5-6-12)9(15)10(2)7-8(13)14/h3,12H,1,4-7H2,2H3,(H,13,14). The van der Waals surface area contributed by atoms with Crippen LogP contribution in [0.25, 0.3) is 0 Å². The van der Waals surface area contributed by atoms with Crippen molar-refractivity contribution in [3.8, 4) is 0 Å². The predicted octanol–water partition coefficient (Wildman–Crippen LogP) is -0.397. The van der Waals surface area contributed by atoms with Gasteiger partial charge in [-0.3, -0.25) is 4.79 Å². The van der Waals surface area contributed by atoms with E-state index < -0.39 is 12.0 Å². The van der Waals surface area contributed by atoms with E-state index in [9.17, 15) is 9.59 Å². The first-order valence-electron chi connectivity index (χ1n) is 4.46. The van der Waals surface area contributed by atoms with Gasteiger partial charge in [-0.1, -0.05) is 6.08 Å². The molecule has 0 aliphatic rings. The molecule has 0 aromatic rings. The molecule has 0 atom stereocenters. The van der Waals surface area contributed by atoms with Crippen LogP contribution < -0.4 is 0 Å². The molecule has 0 spiro atoms. The zero-order valence-electron chi connectivity index (χ0n) is 8.72. The molecular formula is C9H16N2O4. The first-order valence-corrected chi connectivity index (χ1v) is 4.46. The van der Waals surface area contributed by atoms with Crippen molar-refractivity contribution in [3.05, 3.63) is 12.7 Å². The molecule has 0 aromatic heterocycles. The number of aliphatic carboxylic acids is 1. The zero-order valence-corrected chi connectivity index (χ0v) is 8.72. The van der Waals surface area contributed by atoms with Gasteiger partial charge in [0.1, 0.15) is 6.54 Å². The SMILES string of the molecule is C=CCN(CCO)C(=O)N(C)CC(=O)O. The van der Waals surface area contributed by atoms with Gasteiger partial charge in [0, 0.05) is 20.1 Å². The van der Waals surface area contributed by atoms with Gasteiger partial charge in [0.05, 0.1) is 6.61 Å². The van der Waals surface area contributed by atoms with E-state index in [4.69, 9.17) is 10.2 Å². The number of aliphatic hydroxyl groups is 1. The Balaban J connectivity index is 4.33. The van der Waals surface area contributed by atoms with E-state index >= 15 is 0 Å². The summed E-state index contributed by atoms with van der Waals surface area (Å²) in [4.78, 5) is 24.3. The molecule has 0 fully saturated rings. The van der Waals surface area contributed by atoms with E-state index in [0.29, 0.717) is 0 Å². The molecule has 0 rings (SSSR count). The van der Waals surface area contributed by atoms with Gasteiger partial charge in [0.15, 0.2) is 0 Å². The molecule has 2 amide bonds. The fraction of sp³-hybridized carbons (Fsp3) is 0.556. The van der Waals surface area contributed by atoms with E-state index in [2.05, 4.69) is 6.58 Å². The second-order valence-electron chi connectivity index (χ2n) is 2.99. The second kappa shape index (κ2) is 6.83. The molecule has 2 N–H and O–H groups in total. The summed E-state index contributed by atoms with van der Waals surface area (Å²) in [6.45, 7) is 3.39. The maximum absolute atomic E-state index is 11.6. The molecule has 0 saturated heterocycles. The van der Waals surface area contributed by atoms with Gasteiger partial charge < -0.3 is 20.0 Å². The molecular weight excluding hydrogens is 200 g/mol. The minimum atomic E-state index is -1.08. The van der Waals surface area contributed by atoms with Crippen LogP contribution in [0.1, 0.15) is 0 Å². The average molecular weight is 216 g/mol. The maximum Gasteiger partial charge on any atom is 0.323 e. The van der Waals surface area contributed by atoms with Crippen molar-refractivity contribution in [1.82, 2.24) is 9.80 Å². The van der Waals surface area contributed by atoms with E-state index in [0.717, 1.165) is 4.90 Å². The molecule has 0 aliphatic carbocycles. The van der Waals surface area contributed by atoms with Crippen molar-refractivity contribution in [2.75, 3.05) is 33.3 Å². The number of carbonyl (C=O) groups is 2. The summed E-state index contributed by atoms with van der Waals surface area (Å²) in [5.41, 5.74) is 0. The predicted molar refractivity (Wildman–Crippen MR) is 54.5 cm³/mol. The normalized spacial score (nSPS) is 9.47. The van der Waals surface area contributed by atoms with Crippen molar-refractivity contribution in [2.45, 2.75) is 0 Å². The van der Waals surface area contributed by atoms with Gasteiger partial charge in [0.2, 0.25) is 0 Å². The fourth-order valence-electron chi connectivity index (χ4n) is 1.05. The summed E-state index contributed by atoms with van der Waals surface area (Å²) in [5, 5.41) is 17.2. The highest BCUT2D eigenvalue weighted by Crippen LogP contribution is 1.96. The minimum absolute atomic E-state index is 0.162. The van der Waals surface area contributed by atoms with E-state index in [1.54, 1.807) is 0 Å². The number of hydrogen-bond donors (Lipinski definition) is 2. The maximum atomic E-state index is 11.6. The summed E-state index contributed by atoms with van der Waals surface area (Å²) in [6.07, 6.45) is 1.52. The molecule has 0 bridgehead atoms. The number of carbonyl (C=O) groups excluding carboxylic acids is 1. The van der Waals surface area contributed by atoms with Crippen LogP contribution in [0, 0.1) is 0 Å². The number of carboxylic acids is 1. The van der Waals surface area contributed by atoms with Crippen LogP contribution >= 0.6 is 0 Å². The Morgan fingerprint density at radius 1 is 1.47 bits per heavy atom. The number of aliphatic hydroxyl groups excluding tert-OH is 1. The first kappa shape index (κ1) is 13.4. The number of nitrogens with zero attached hydrogens (tertiary/aromatic N) is 2.